The van der Waals surface area contributed by atoms with Gasteiger partial charge in [0.2, 0.25) is 0 Å². The van der Waals surface area contributed by atoms with Gasteiger partial charge in [0.1, 0.15) is 11.8 Å². The average molecular weight is 269 g/mol. The maximum Gasteiger partial charge on any atom is 0.354 e. The lowest BCUT2D eigenvalue weighted by Crippen LogP contribution is -2.12. The number of benzene rings is 2. The Balaban J connectivity index is 2.02. The standard InChI is InChI=1S/C16H15NO3/c1-3-20-16(18)15-14(17-15)13-11-7-5-4-6-10(11)8-9-12(13)19-2/h4-9,14H,3H2,1-2H3. The van der Waals surface area contributed by atoms with Gasteiger partial charge >= 0.3 is 5.97 Å². The highest BCUT2D eigenvalue weighted by atomic mass is 16.5. The Hall–Kier alpha value is -2.36. The first kappa shape index (κ1) is 12.7. The molecule has 4 nitrogen and oxygen atoms in total. The van der Waals surface area contributed by atoms with Crippen LogP contribution in [0, 0.1) is 0 Å². The highest BCUT2D eigenvalue weighted by Crippen LogP contribution is 2.41. The molecule has 2 aromatic rings. The van der Waals surface area contributed by atoms with Crippen LogP contribution < -0.4 is 4.74 Å². The van der Waals surface area contributed by atoms with Crippen molar-refractivity contribution in [2.24, 2.45) is 4.99 Å². The van der Waals surface area contributed by atoms with Crippen LogP contribution in [-0.2, 0) is 9.53 Å². The van der Waals surface area contributed by atoms with E-state index in [2.05, 4.69) is 4.99 Å². The van der Waals surface area contributed by atoms with E-state index in [0.717, 1.165) is 22.1 Å². The van der Waals surface area contributed by atoms with Crippen LogP contribution in [0.4, 0.5) is 0 Å². The van der Waals surface area contributed by atoms with E-state index < -0.39 is 0 Å². The lowest BCUT2D eigenvalue weighted by atomic mass is 9.99. The number of ether oxygens (including phenoxy) is 2. The van der Waals surface area contributed by atoms with Crippen molar-refractivity contribution in [3.8, 4) is 5.75 Å². The van der Waals surface area contributed by atoms with E-state index in [1.54, 1.807) is 14.0 Å². The molecule has 0 radical (unpaired) electrons. The number of fused-ring (bicyclic) bond motifs is 1. The molecule has 0 fully saturated rings. The number of carbonyl (C=O) groups is 1. The molecule has 1 heterocycles. The van der Waals surface area contributed by atoms with Crippen molar-refractivity contribution in [3.63, 3.8) is 0 Å². The summed E-state index contributed by atoms with van der Waals surface area (Å²) >= 11 is 0. The molecular formula is C16H15NO3. The van der Waals surface area contributed by atoms with E-state index in [1.807, 2.05) is 36.4 Å². The highest BCUT2D eigenvalue weighted by Gasteiger charge is 2.39. The maximum absolute atomic E-state index is 11.7. The number of rotatable bonds is 4. The number of hydrogen-bond acceptors (Lipinski definition) is 4. The minimum absolute atomic E-state index is 0.241. The predicted octanol–water partition coefficient (Wildman–Crippen LogP) is 2.91. The Kier molecular flexibility index (Phi) is 3.14. The minimum Gasteiger partial charge on any atom is -0.496 e. The van der Waals surface area contributed by atoms with Crippen molar-refractivity contribution in [2.75, 3.05) is 13.7 Å². The van der Waals surface area contributed by atoms with Crippen LogP contribution in [0.5, 0.6) is 5.75 Å². The first-order chi connectivity index (χ1) is 9.76. The second-order valence-electron chi connectivity index (χ2n) is 4.54. The minimum atomic E-state index is -0.340. The van der Waals surface area contributed by atoms with Crippen LogP contribution in [0.25, 0.3) is 10.8 Å². The summed E-state index contributed by atoms with van der Waals surface area (Å²) in [5, 5.41) is 2.16. The fourth-order valence-corrected chi connectivity index (χ4v) is 2.41. The lowest BCUT2D eigenvalue weighted by molar-refractivity contribution is -0.134. The Morgan fingerprint density at radius 1 is 1.25 bits per heavy atom. The molecule has 0 saturated heterocycles. The summed E-state index contributed by atoms with van der Waals surface area (Å²) in [6, 6.07) is 11.7. The number of methoxy groups -OCH3 is 1. The number of hydrogen-bond donors (Lipinski definition) is 0. The SMILES string of the molecule is CCOC(=O)C1=NC1c1c(OC)ccc2ccccc12. The first-order valence-corrected chi connectivity index (χ1v) is 6.56. The summed E-state index contributed by atoms with van der Waals surface area (Å²) in [7, 11) is 1.63. The van der Waals surface area contributed by atoms with Gasteiger partial charge in [0.25, 0.3) is 0 Å². The number of nitrogens with zero attached hydrogens (tertiary/aromatic N) is 1. The van der Waals surface area contributed by atoms with E-state index in [9.17, 15) is 4.79 Å². The van der Waals surface area contributed by atoms with Crippen LogP contribution >= 0.6 is 0 Å². The zero-order valence-corrected chi connectivity index (χ0v) is 11.4. The number of aliphatic imine (C=N–C) groups is 1. The molecular weight excluding hydrogens is 254 g/mol. The predicted molar refractivity (Wildman–Crippen MR) is 77.3 cm³/mol. The molecule has 102 valence electrons. The summed E-state index contributed by atoms with van der Waals surface area (Å²) in [5.74, 6) is 0.407. The molecule has 1 aliphatic heterocycles. The Morgan fingerprint density at radius 3 is 2.80 bits per heavy atom. The topological polar surface area (TPSA) is 47.9 Å². The highest BCUT2D eigenvalue weighted by molar-refractivity contribution is 6.44. The van der Waals surface area contributed by atoms with Crippen molar-refractivity contribution >= 4 is 22.5 Å². The normalized spacial score (nSPS) is 16.7. The van der Waals surface area contributed by atoms with Crippen LogP contribution in [0.15, 0.2) is 41.4 Å². The largest absolute Gasteiger partial charge is 0.496 e. The molecule has 0 aromatic heterocycles. The molecule has 3 rings (SSSR count). The van der Waals surface area contributed by atoms with Gasteiger partial charge < -0.3 is 9.47 Å². The van der Waals surface area contributed by atoms with E-state index in [1.165, 1.54) is 0 Å². The van der Waals surface area contributed by atoms with Gasteiger partial charge in [-0.05, 0) is 23.8 Å². The maximum atomic E-state index is 11.7. The molecule has 0 aliphatic carbocycles. The van der Waals surface area contributed by atoms with Crippen LogP contribution in [-0.4, -0.2) is 25.4 Å². The summed E-state index contributed by atoms with van der Waals surface area (Å²) in [4.78, 5) is 16.0. The molecule has 4 heteroatoms. The fourth-order valence-electron chi connectivity index (χ4n) is 2.41. The molecule has 20 heavy (non-hydrogen) atoms. The smallest absolute Gasteiger partial charge is 0.354 e. The number of esters is 1. The summed E-state index contributed by atoms with van der Waals surface area (Å²) in [5.41, 5.74) is 1.41. The Bertz CT molecular complexity index is 706. The molecule has 0 N–H and O–H groups in total. The average Bonchev–Trinajstić information content (AvgIpc) is 3.26. The van der Waals surface area contributed by atoms with E-state index in [-0.39, 0.29) is 12.0 Å². The molecule has 0 saturated carbocycles. The van der Waals surface area contributed by atoms with Gasteiger partial charge in [-0.3, -0.25) is 4.99 Å². The number of carbonyl (C=O) groups excluding carboxylic acids is 1. The third kappa shape index (κ3) is 2.03. The lowest BCUT2D eigenvalue weighted by Gasteiger charge is -2.10. The molecule has 2 aromatic carbocycles. The van der Waals surface area contributed by atoms with Gasteiger partial charge in [-0.1, -0.05) is 30.3 Å². The van der Waals surface area contributed by atoms with Gasteiger partial charge in [0.05, 0.1) is 13.7 Å². The zero-order valence-electron chi connectivity index (χ0n) is 11.4. The zero-order chi connectivity index (χ0) is 14.1. The van der Waals surface area contributed by atoms with Gasteiger partial charge in [0, 0.05) is 5.56 Å². The van der Waals surface area contributed by atoms with Crippen LogP contribution in [0.2, 0.25) is 0 Å². The van der Waals surface area contributed by atoms with Crippen molar-refractivity contribution < 1.29 is 14.3 Å². The van der Waals surface area contributed by atoms with E-state index >= 15 is 0 Å². The molecule has 0 spiro atoms. The van der Waals surface area contributed by atoms with E-state index in [4.69, 9.17) is 9.47 Å². The second kappa shape index (κ2) is 4.96. The third-order valence-electron chi connectivity index (χ3n) is 3.37. The van der Waals surface area contributed by atoms with Crippen LogP contribution in [0.1, 0.15) is 18.5 Å². The Labute approximate surface area is 117 Å². The monoisotopic (exact) mass is 269 g/mol. The summed E-state index contributed by atoms with van der Waals surface area (Å²) < 4.78 is 10.4. The third-order valence-corrected chi connectivity index (χ3v) is 3.37. The van der Waals surface area contributed by atoms with E-state index in [0.29, 0.717) is 12.3 Å². The quantitative estimate of drug-likeness (QED) is 0.802. The van der Waals surface area contributed by atoms with Gasteiger partial charge in [0.15, 0.2) is 5.71 Å². The molecule has 1 unspecified atom stereocenters. The van der Waals surface area contributed by atoms with Gasteiger partial charge in [-0.25, -0.2) is 4.79 Å². The second-order valence-corrected chi connectivity index (χ2v) is 4.54. The first-order valence-electron chi connectivity index (χ1n) is 6.56. The van der Waals surface area contributed by atoms with Gasteiger partial charge in [-0.2, -0.15) is 0 Å². The molecule has 1 aliphatic rings. The van der Waals surface area contributed by atoms with Crippen molar-refractivity contribution in [2.45, 2.75) is 13.0 Å². The van der Waals surface area contributed by atoms with Crippen molar-refractivity contribution in [1.29, 1.82) is 0 Å². The Morgan fingerprint density at radius 2 is 2.05 bits per heavy atom. The van der Waals surface area contributed by atoms with Crippen LogP contribution in [0.3, 0.4) is 0 Å². The van der Waals surface area contributed by atoms with Gasteiger partial charge in [-0.15, -0.1) is 0 Å². The molecule has 0 amide bonds. The van der Waals surface area contributed by atoms with Crippen molar-refractivity contribution in [3.05, 3.63) is 42.0 Å². The van der Waals surface area contributed by atoms with Crippen molar-refractivity contribution in [1.82, 2.24) is 0 Å². The summed E-state index contributed by atoms with van der Waals surface area (Å²) in [6.45, 7) is 2.14. The summed E-state index contributed by atoms with van der Waals surface area (Å²) in [6.07, 6.45) is 0. The molecule has 1 atom stereocenters. The fraction of sp³-hybridized carbons (Fsp3) is 0.250. The molecule has 0 bridgehead atoms.